The number of hydrogen-bond donors (Lipinski definition) is 0. The Morgan fingerprint density at radius 3 is 1.96 bits per heavy atom. The van der Waals surface area contributed by atoms with Gasteiger partial charge in [0.2, 0.25) is 0 Å². The van der Waals surface area contributed by atoms with Crippen LogP contribution in [0.3, 0.4) is 0 Å². The maximum absolute atomic E-state index is 6.04. The lowest BCUT2D eigenvalue weighted by Gasteiger charge is -2.34. The van der Waals surface area contributed by atoms with Gasteiger partial charge in [0, 0.05) is 44.3 Å². The van der Waals surface area contributed by atoms with Crippen LogP contribution in [0, 0.1) is 6.92 Å². The van der Waals surface area contributed by atoms with Crippen molar-refractivity contribution in [2.75, 3.05) is 52.5 Å². The van der Waals surface area contributed by atoms with E-state index in [1.807, 2.05) is 55.5 Å². The molecule has 0 N–H and O–H groups in total. The van der Waals surface area contributed by atoms with Crippen molar-refractivity contribution < 1.29 is 9.47 Å². The lowest BCUT2D eigenvalue weighted by molar-refractivity contribution is 0.105. The second-order valence-corrected chi connectivity index (χ2v) is 7.01. The number of para-hydroxylation sites is 1. The van der Waals surface area contributed by atoms with Crippen LogP contribution in [0.4, 0.5) is 0 Å². The van der Waals surface area contributed by atoms with E-state index in [1.54, 1.807) is 0 Å². The first-order valence-corrected chi connectivity index (χ1v) is 9.60. The van der Waals surface area contributed by atoms with E-state index in [0.717, 1.165) is 68.0 Å². The molecule has 4 nitrogen and oxygen atoms in total. The number of hydrogen-bond acceptors (Lipinski definition) is 4. The Hall–Kier alpha value is -1.75. The second kappa shape index (κ2) is 9.81. The Balaban J connectivity index is 1.29. The van der Waals surface area contributed by atoms with Crippen molar-refractivity contribution in [2.45, 2.75) is 6.92 Å². The molecule has 0 amide bonds. The van der Waals surface area contributed by atoms with E-state index in [1.165, 1.54) is 0 Å². The van der Waals surface area contributed by atoms with Gasteiger partial charge in [0.15, 0.2) is 0 Å². The number of piperazine rings is 1. The predicted octanol–water partition coefficient (Wildman–Crippen LogP) is 3.72. The van der Waals surface area contributed by atoms with Crippen LogP contribution >= 0.6 is 11.6 Å². The van der Waals surface area contributed by atoms with Crippen molar-refractivity contribution in [1.29, 1.82) is 0 Å². The Bertz CT molecular complexity index is 673. The van der Waals surface area contributed by atoms with Gasteiger partial charge < -0.3 is 9.47 Å². The summed E-state index contributed by atoms with van der Waals surface area (Å²) < 4.78 is 11.6. The Morgan fingerprint density at radius 1 is 0.808 bits per heavy atom. The molecule has 0 spiro atoms. The molecule has 140 valence electrons. The standard InChI is InChI=1S/C21H27ClN2O2/c1-18-17-20(7-8-21(18)22)26-16-14-24-11-9-23(10-12-24)13-15-25-19-5-3-2-4-6-19/h2-8,17H,9-16H2,1H3. The molecule has 26 heavy (non-hydrogen) atoms. The minimum atomic E-state index is 0.707. The maximum Gasteiger partial charge on any atom is 0.119 e. The smallest absolute Gasteiger partial charge is 0.119 e. The fourth-order valence-electron chi connectivity index (χ4n) is 3.05. The fraction of sp³-hybridized carbons (Fsp3) is 0.429. The van der Waals surface area contributed by atoms with Crippen LogP contribution in [-0.2, 0) is 0 Å². The Morgan fingerprint density at radius 2 is 1.38 bits per heavy atom. The molecule has 0 aromatic heterocycles. The molecule has 0 atom stereocenters. The zero-order valence-corrected chi connectivity index (χ0v) is 16.1. The second-order valence-electron chi connectivity index (χ2n) is 6.60. The third kappa shape index (κ3) is 5.90. The Kier molecular flexibility index (Phi) is 7.18. The van der Waals surface area contributed by atoms with Crippen LogP contribution in [0.5, 0.6) is 11.5 Å². The number of ether oxygens (including phenoxy) is 2. The molecule has 1 fully saturated rings. The van der Waals surface area contributed by atoms with Crippen molar-refractivity contribution in [3.05, 3.63) is 59.1 Å². The van der Waals surface area contributed by atoms with Gasteiger partial charge in [0.25, 0.3) is 0 Å². The molecule has 2 aromatic carbocycles. The summed E-state index contributed by atoms with van der Waals surface area (Å²) in [5.74, 6) is 1.84. The lowest BCUT2D eigenvalue weighted by atomic mass is 10.2. The van der Waals surface area contributed by atoms with Gasteiger partial charge in [-0.3, -0.25) is 9.80 Å². The highest BCUT2D eigenvalue weighted by Gasteiger charge is 2.16. The number of benzene rings is 2. The number of rotatable bonds is 8. The van der Waals surface area contributed by atoms with Crippen LogP contribution in [0.1, 0.15) is 5.56 Å². The van der Waals surface area contributed by atoms with Crippen LogP contribution in [0.2, 0.25) is 5.02 Å². The first-order valence-electron chi connectivity index (χ1n) is 9.22. The lowest BCUT2D eigenvalue weighted by Crippen LogP contribution is -2.48. The largest absolute Gasteiger partial charge is 0.492 e. The zero-order valence-electron chi connectivity index (χ0n) is 15.4. The molecule has 0 aliphatic carbocycles. The first kappa shape index (κ1) is 19.0. The molecular weight excluding hydrogens is 348 g/mol. The number of aryl methyl sites for hydroxylation is 1. The third-order valence-electron chi connectivity index (χ3n) is 4.69. The molecule has 3 rings (SSSR count). The molecule has 0 saturated carbocycles. The molecule has 0 unspecified atom stereocenters. The molecule has 1 aliphatic rings. The summed E-state index contributed by atoms with van der Waals surface area (Å²) in [4.78, 5) is 4.92. The van der Waals surface area contributed by atoms with Crippen LogP contribution in [0.15, 0.2) is 48.5 Å². The van der Waals surface area contributed by atoms with E-state index in [9.17, 15) is 0 Å². The monoisotopic (exact) mass is 374 g/mol. The molecule has 2 aromatic rings. The minimum Gasteiger partial charge on any atom is -0.492 e. The van der Waals surface area contributed by atoms with Crippen LogP contribution < -0.4 is 9.47 Å². The van der Waals surface area contributed by atoms with Gasteiger partial charge in [-0.1, -0.05) is 29.8 Å². The van der Waals surface area contributed by atoms with Gasteiger partial charge in [-0.25, -0.2) is 0 Å². The normalized spacial score (nSPS) is 15.8. The van der Waals surface area contributed by atoms with Gasteiger partial charge in [0.1, 0.15) is 24.7 Å². The highest BCUT2D eigenvalue weighted by molar-refractivity contribution is 6.31. The molecule has 1 aliphatic heterocycles. The average Bonchev–Trinajstić information content (AvgIpc) is 2.67. The van der Waals surface area contributed by atoms with Crippen molar-refractivity contribution in [1.82, 2.24) is 9.80 Å². The zero-order chi connectivity index (χ0) is 18.2. The number of nitrogens with zero attached hydrogens (tertiary/aromatic N) is 2. The van der Waals surface area contributed by atoms with Crippen molar-refractivity contribution in [3.8, 4) is 11.5 Å². The van der Waals surface area contributed by atoms with Gasteiger partial charge in [-0.15, -0.1) is 0 Å². The van der Waals surface area contributed by atoms with E-state index in [0.29, 0.717) is 6.61 Å². The first-order chi connectivity index (χ1) is 12.7. The van der Waals surface area contributed by atoms with E-state index in [2.05, 4.69) is 9.80 Å². The van der Waals surface area contributed by atoms with E-state index >= 15 is 0 Å². The van der Waals surface area contributed by atoms with Gasteiger partial charge in [0.05, 0.1) is 0 Å². The molecule has 0 radical (unpaired) electrons. The summed E-state index contributed by atoms with van der Waals surface area (Å²) in [5.41, 5.74) is 1.05. The summed E-state index contributed by atoms with van der Waals surface area (Å²) in [6.07, 6.45) is 0. The van der Waals surface area contributed by atoms with Crippen LogP contribution in [-0.4, -0.2) is 62.3 Å². The van der Waals surface area contributed by atoms with Gasteiger partial charge in [-0.05, 0) is 42.8 Å². The SMILES string of the molecule is Cc1cc(OCCN2CCN(CCOc3ccccc3)CC2)ccc1Cl. The van der Waals surface area contributed by atoms with E-state index < -0.39 is 0 Å². The molecule has 5 heteroatoms. The summed E-state index contributed by atoms with van der Waals surface area (Å²) >= 11 is 6.04. The third-order valence-corrected chi connectivity index (χ3v) is 5.11. The van der Waals surface area contributed by atoms with Crippen molar-refractivity contribution in [3.63, 3.8) is 0 Å². The highest BCUT2D eigenvalue weighted by Crippen LogP contribution is 2.21. The summed E-state index contributed by atoms with van der Waals surface area (Å²) in [5, 5.41) is 0.782. The molecule has 0 bridgehead atoms. The van der Waals surface area contributed by atoms with E-state index in [4.69, 9.17) is 21.1 Å². The minimum absolute atomic E-state index is 0.707. The topological polar surface area (TPSA) is 24.9 Å². The van der Waals surface area contributed by atoms with E-state index in [-0.39, 0.29) is 0 Å². The maximum atomic E-state index is 6.04. The summed E-state index contributed by atoms with van der Waals surface area (Å²) in [6, 6.07) is 15.8. The van der Waals surface area contributed by atoms with Crippen molar-refractivity contribution >= 4 is 11.6 Å². The fourth-order valence-corrected chi connectivity index (χ4v) is 3.16. The quantitative estimate of drug-likeness (QED) is 0.703. The summed E-state index contributed by atoms with van der Waals surface area (Å²) in [7, 11) is 0. The molecular formula is C21H27ClN2O2. The molecule has 1 saturated heterocycles. The highest BCUT2D eigenvalue weighted by atomic mass is 35.5. The van der Waals surface area contributed by atoms with Crippen LogP contribution in [0.25, 0.3) is 0 Å². The Labute approximate surface area is 161 Å². The predicted molar refractivity (Wildman–Crippen MR) is 107 cm³/mol. The van der Waals surface area contributed by atoms with Crippen molar-refractivity contribution in [2.24, 2.45) is 0 Å². The summed E-state index contributed by atoms with van der Waals surface area (Å²) in [6.45, 7) is 9.69. The number of halogens is 1. The average molecular weight is 375 g/mol. The molecule has 1 heterocycles. The van der Waals surface area contributed by atoms with Gasteiger partial charge in [-0.2, -0.15) is 0 Å². The van der Waals surface area contributed by atoms with Gasteiger partial charge >= 0.3 is 0 Å².